The molecular weight excluding hydrogens is 369 g/mol. The van der Waals surface area contributed by atoms with Gasteiger partial charge in [0, 0.05) is 11.8 Å². The molecule has 0 aromatic carbocycles. The van der Waals surface area contributed by atoms with E-state index in [2.05, 4.69) is 4.52 Å². The molecule has 24 heavy (non-hydrogen) atoms. The van der Waals surface area contributed by atoms with E-state index in [0.717, 1.165) is 10.8 Å². The van der Waals surface area contributed by atoms with Crippen LogP contribution in [-0.4, -0.2) is 44.7 Å². The van der Waals surface area contributed by atoms with Crippen LogP contribution >= 0.6 is 7.82 Å². The van der Waals surface area contributed by atoms with Gasteiger partial charge in [0.05, 0.1) is 14.4 Å². The second-order valence-corrected chi connectivity index (χ2v) is 5.92. The summed E-state index contributed by atoms with van der Waals surface area (Å²) in [6.07, 6.45) is -4.76. The number of aliphatic hydroxyl groups is 2. The summed E-state index contributed by atoms with van der Waals surface area (Å²) in [7, 11) is -5.27. The Labute approximate surface area is 179 Å². The normalized spacial score (nSPS) is 26.5. The third-order valence-electron chi connectivity index (χ3n) is 3.15. The predicted molar refractivity (Wildman–Crippen MR) is 65.5 cm³/mol. The van der Waals surface area contributed by atoms with Crippen molar-refractivity contribution in [3.8, 4) is 0 Å². The van der Waals surface area contributed by atoms with Crippen molar-refractivity contribution in [2.45, 2.75) is 31.5 Å². The molecule has 1 saturated heterocycles. The Balaban J connectivity index is 0.00000264. The van der Waals surface area contributed by atoms with E-state index in [1.165, 1.54) is 6.92 Å². The van der Waals surface area contributed by atoms with Crippen molar-refractivity contribution in [2.24, 2.45) is 0 Å². The maximum absolute atomic E-state index is 11.7. The molecular formula is C10H13N2Na2O9P. The van der Waals surface area contributed by atoms with E-state index >= 15 is 0 Å². The number of ether oxygens (including phenoxy) is 1. The quantitative estimate of drug-likeness (QED) is 0.337. The minimum Gasteiger partial charge on any atom is -0.790 e. The predicted octanol–water partition coefficient (Wildman–Crippen LogP) is -9.68. The van der Waals surface area contributed by atoms with Crippen molar-refractivity contribution in [1.82, 2.24) is 9.55 Å². The number of aliphatic hydroxyl groups excluding tert-OH is 2. The minimum atomic E-state index is -5.27. The number of nitrogens with zero attached hydrogens (tertiary/aromatic N) is 1. The standard InChI is InChI=1S/C10H15N2O9P.2Na/c1-4-2-12(10(16)11-8(4)15)9-7(14)6(13)5(21-9)3-20-22(17,18)19;;/h2,5-7,9,13-14H,3H2,1H3,(H,11,15,16)(H2,17,18,19);;/q;2*+1/p-2/t5-,6-,7-,9-;;/m1../s1. The van der Waals surface area contributed by atoms with E-state index in [1.807, 2.05) is 4.98 Å². The van der Waals surface area contributed by atoms with Crippen LogP contribution in [0.25, 0.3) is 0 Å². The number of aromatic nitrogens is 2. The van der Waals surface area contributed by atoms with Gasteiger partial charge in [-0.05, 0) is 6.92 Å². The molecule has 4 atom stereocenters. The van der Waals surface area contributed by atoms with Gasteiger partial charge in [-0.15, -0.1) is 0 Å². The molecule has 1 aliphatic heterocycles. The Morgan fingerprint density at radius 2 is 1.92 bits per heavy atom. The maximum atomic E-state index is 11.7. The topological polar surface area (TPSA) is 177 Å². The summed E-state index contributed by atoms with van der Waals surface area (Å²) in [6, 6.07) is 0. The van der Waals surface area contributed by atoms with Crippen molar-refractivity contribution in [1.29, 1.82) is 0 Å². The number of phosphoric ester groups is 1. The summed E-state index contributed by atoms with van der Waals surface area (Å²) >= 11 is 0. The van der Waals surface area contributed by atoms with E-state index in [0.29, 0.717) is 0 Å². The first-order valence-corrected chi connectivity index (χ1v) is 7.56. The SMILES string of the molecule is Cc1cn([C@@H]2O[C@H](COP(=O)([O-])[O-])[C@@H](O)[C@H]2O)c(=O)[nH]c1=O.[Na+].[Na+]. The largest absolute Gasteiger partial charge is 1.00 e. The molecule has 0 unspecified atom stereocenters. The summed E-state index contributed by atoms with van der Waals surface area (Å²) in [5.41, 5.74) is -1.34. The molecule has 0 aliphatic carbocycles. The van der Waals surface area contributed by atoms with Crippen LogP contribution in [0, 0.1) is 6.92 Å². The Kier molecular flexibility index (Phi) is 9.83. The van der Waals surface area contributed by atoms with E-state index in [9.17, 15) is 34.2 Å². The van der Waals surface area contributed by atoms with Crippen LogP contribution in [0.3, 0.4) is 0 Å². The monoisotopic (exact) mass is 382 g/mol. The molecule has 2 heterocycles. The fraction of sp³-hybridized carbons (Fsp3) is 0.600. The van der Waals surface area contributed by atoms with Gasteiger partial charge in [0.15, 0.2) is 6.23 Å². The van der Waals surface area contributed by atoms with Gasteiger partial charge in [-0.3, -0.25) is 14.3 Å². The molecule has 1 aliphatic rings. The van der Waals surface area contributed by atoms with Gasteiger partial charge in [-0.25, -0.2) is 4.79 Å². The van der Waals surface area contributed by atoms with Crippen LogP contribution in [0.15, 0.2) is 15.8 Å². The Morgan fingerprint density at radius 1 is 1.33 bits per heavy atom. The second kappa shape index (κ2) is 9.56. The summed E-state index contributed by atoms with van der Waals surface area (Å²) in [4.78, 5) is 45.8. The van der Waals surface area contributed by atoms with E-state index < -0.39 is 50.2 Å². The Hall–Kier alpha value is 0.670. The molecule has 124 valence electrons. The molecule has 0 amide bonds. The van der Waals surface area contributed by atoms with Crippen LogP contribution in [0.5, 0.6) is 0 Å². The van der Waals surface area contributed by atoms with Crippen molar-refractivity contribution in [2.75, 3.05) is 6.61 Å². The number of phosphoric acid groups is 1. The molecule has 0 radical (unpaired) electrons. The minimum absolute atomic E-state index is 0. The van der Waals surface area contributed by atoms with Gasteiger partial charge < -0.3 is 33.8 Å². The molecule has 1 fully saturated rings. The third kappa shape index (κ3) is 5.85. The smallest absolute Gasteiger partial charge is 0.790 e. The number of nitrogens with one attached hydrogen (secondary N) is 1. The molecule has 2 rings (SSSR count). The zero-order chi connectivity index (χ0) is 16.7. The average molecular weight is 382 g/mol. The van der Waals surface area contributed by atoms with Crippen LogP contribution in [0.1, 0.15) is 11.8 Å². The Morgan fingerprint density at radius 3 is 2.46 bits per heavy atom. The number of aromatic amines is 1. The second-order valence-electron chi connectivity index (χ2n) is 4.77. The molecule has 0 bridgehead atoms. The number of hydrogen-bond acceptors (Lipinski definition) is 9. The number of rotatable bonds is 4. The van der Waals surface area contributed by atoms with Crippen molar-refractivity contribution >= 4 is 7.82 Å². The first-order valence-electron chi connectivity index (χ1n) is 6.10. The van der Waals surface area contributed by atoms with Gasteiger partial charge in [-0.2, -0.15) is 0 Å². The molecule has 1 aromatic rings. The van der Waals surface area contributed by atoms with Gasteiger partial charge in [-0.1, -0.05) is 0 Å². The van der Waals surface area contributed by atoms with E-state index in [-0.39, 0.29) is 64.7 Å². The fourth-order valence-corrected chi connectivity index (χ4v) is 2.37. The molecule has 14 heteroatoms. The summed E-state index contributed by atoms with van der Waals surface area (Å²) in [5.74, 6) is 0. The van der Waals surface area contributed by atoms with Gasteiger partial charge in [0.2, 0.25) is 0 Å². The van der Waals surface area contributed by atoms with Crippen LogP contribution < -0.4 is 80.2 Å². The van der Waals surface area contributed by atoms with Crippen LogP contribution in [0.2, 0.25) is 0 Å². The first-order chi connectivity index (χ1) is 10.1. The maximum Gasteiger partial charge on any atom is 1.00 e. The average Bonchev–Trinajstić information content (AvgIpc) is 2.68. The first kappa shape index (κ1) is 24.7. The number of H-pyrrole nitrogens is 1. The molecule has 3 N–H and O–H groups in total. The van der Waals surface area contributed by atoms with Crippen LogP contribution in [-0.2, 0) is 13.8 Å². The van der Waals surface area contributed by atoms with Crippen molar-refractivity contribution in [3.63, 3.8) is 0 Å². The zero-order valence-corrected chi connectivity index (χ0v) is 18.1. The fourth-order valence-electron chi connectivity index (χ4n) is 2.04. The van der Waals surface area contributed by atoms with E-state index in [1.54, 1.807) is 0 Å². The van der Waals surface area contributed by atoms with E-state index in [4.69, 9.17) is 4.74 Å². The van der Waals surface area contributed by atoms with Crippen molar-refractivity contribution < 1.29 is 92.9 Å². The summed E-state index contributed by atoms with van der Waals surface area (Å²) in [6.45, 7) is 0.605. The van der Waals surface area contributed by atoms with Crippen molar-refractivity contribution in [3.05, 3.63) is 32.6 Å². The summed E-state index contributed by atoms with van der Waals surface area (Å²) < 4.78 is 20.4. The van der Waals surface area contributed by atoms with Gasteiger partial charge in [0.1, 0.15) is 18.3 Å². The van der Waals surface area contributed by atoms with Gasteiger partial charge >= 0.3 is 64.8 Å². The molecule has 0 spiro atoms. The van der Waals surface area contributed by atoms with Gasteiger partial charge in [0.25, 0.3) is 5.56 Å². The molecule has 0 saturated carbocycles. The van der Waals surface area contributed by atoms with Crippen LogP contribution in [0.4, 0.5) is 0 Å². The molecule has 11 nitrogen and oxygen atoms in total. The number of hydrogen-bond donors (Lipinski definition) is 3. The summed E-state index contributed by atoms with van der Waals surface area (Å²) in [5, 5.41) is 19.7. The molecule has 1 aromatic heterocycles. The Bertz CT molecular complexity index is 717. The third-order valence-corrected chi connectivity index (χ3v) is 3.62. The number of aryl methyl sites for hydroxylation is 1. The zero-order valence-electron chi connectivity index (χ0n) is 13.2.